The average molecular weight is 498 g/mol. The van der Waals surface area contributed by atoms with Crippen molar-refractivity contribution >= 4 is 27.7 Å². The van der Waals surface area contributed by atoms with Gasteiger partial charge in [0.25, 0.3) is 11.5 Å². The molecule has 0 fully saturated rings. The normalized spacial score (nSPS) is 11.6. The van der Waals surface area contributed by atoms with Crippen LogP contribution in [0.3, 0.4) is 0 Å². The van der Waals surface area contributed by atoms with Gasteiger partial charge in [-0.25, -0.2) is 4.98 Å². The maximum absolute atomic E-state index is 13.4. The number of H-pyrrole nitrogens is 1. The van der Waals surface area contributed by atoms with Crippen molar-refractivity contribution in [3.63, 3.8) is 0 Å². The Hall–Kier alpha value is -2.95. The van der Waals surface area contributed by atoms with Gasteiger partial charge in [0.05, 0.1) is 16.8 Å². The maximum Gasteiger partial charge on any atom is 0.417 e. The van der Waals surface area contributed by atoms with Crippen molar-refractivity contribution < 1.29 is 18.0 Å². The number of carbonyl (C=O) groups is 1. The van der Waals surface area contributed by atoms with Crippen LogP contribution in [-0.4, -0.2) is 25.7 Å². The number of nitrogens with one attached hydrogen (secondary N) is 2. The summed E-state index contributed by atoms with van der Waals surface area (Å²) in [6, 6.07) is 3.28. The molecule has 0 radical (unpaired) electrons. The van der Waals surface area contributed by atoms with Crippen LogP contribution in [0.15, 0.2) is 27.5 Å². The third-order valence-corrected chi connectivity index (χ3v) is 5.38. The molecule has 0 unspecified atom stereocenters. The van der Waals surface area contributed by atoms with Gasteiger partial charge in [-0.2, -0.15) is 23.0 Å². The molecule has 0 aliphatic carbocycles. The topological polar surface area (TPSA) is 92.7 Å². The molecule has 0 atom stereocenters. The quantitative estimate of drug-likeness (QED) is 0.555. The minimum absolute atomic E-state index is 0.0538. The molecule has 0 bridgehead atoms. The van der Waals surface area contributed by atoms with Gasteiger partial charge < -0.3 is 5.32 Å². The predicted octanol–water partition coefficient (Wildman–Crippen LogP) is 4.48. The summed E-state index contributed by atoms with van der Waals surface area (Å²) in [6.07, 6.45) is -4.24. The van der Waals surface area contributed by atoms with Gasteiger partial charge >= 0.3 is 6.18 Å². The number of halogens is 4. The molecule has 2 heterocycles. The molecule has 0 saturated carbocycles. The minimum atomic E-state index is -4.72. The zero-order valence-electron chi connectivity index (χ0n) is 17.1. The monoisotopic (exact) mass is 497 g/mol. The van der Waals surface area contributed by atoms with Crippen molar-refractivity contribution in [3.05, 3.63) is 66.7 Å². The van der Waals surface area contributed by atoms with Crippen molar-refractivity contribution in [2.75, 3.05) is 5.32 Å². The highest BCUT2D eigenvalue weighted by Gasteiger charge is 2.35. The minimum Gasteiger partial charge on any atom is -0.306 e. The van der Waals surface area contributed by atoms with Gasteiger partial charge in [-0.15, -0.1) is 0 Å². The molecule has 1 amide bonds. The maximum atomic E-state index is 13.4. The highest BCUT2D eigenvalue weighted by Crippen LogP contribution is 2.34. The second-order valence-corrected chi connectivity index (χ2v) is 7.84. The van der Waals surface area contributed by atoms with Crippen molar-refractivity contribution in [1.29, 1.82) is 0 Å². The molecule has 31 heavy (non-hydrogen) atoms. The molecular weight excluding hydrogens is 479 g/mol. The van der Waals surface area contributed by atoms with E-state index in [-0.39, 0.29) is 21.8 Å². The fourth-order valence-corrected chi connectivity index (χ4v) is 3.50. The number of aromatic amines is 1. The lowest BCUT2D eigenvalue weighted by molar-refractivity contribution is -0.137. The van der Waals surface area contributed by atoms with Crippen LogP contribution in [-0.2, 0) is 12.6 Å². The molecule has 0 spiro atoms. The summed E-state index contributed by atoms with van der Waals surface area (Å²) in [6.45, 7) is 6.83. The molecule has 164 valence electrons. The largest absolute Gasteiger partial charge is 0.417 e. The first kappa shape index (κ1) is 22.7. The van der Waals surface area contributed by atoms with E-state index in [1.807, 2.05) is 6.92 Å². The van der Waals surface area contributed by atoms with Crippen LogP contribution < -0.4 is 10.9 Å². The number of nitrogens with zero attached hydrogens (tertiary/aromatic N) is 3. The number of aromatic nitrogens is 4. The molecule has 3 aromatic rings. The lowest BCUT2D eigenvalue weighted by Crippen LogP contribution is -2.23. The summed E-state index contributed by atoms with van der Waals surface area (Å²) in [7, 11) is 0. The van der Waals surface area contributed by atoms with Crippen LogP contribution in [0.25, 0.3) is 5.95 Å². The van der Waals surface area contributed by atoms with E-state index in [4.69, 9.17) is 0 Å². The van der Waals surface area contributed by atoms with E-state index >= 15 is 0 Å². The Labute approximate surface area is 183 Å². The van der Waals surface area contributed by atoms with Crippen molar-refractivity contribution in [2.45, 2.75) is 40.3 Å². The average Bonchev–Trinajstić information content (AvgIpc) is 2.95. The van der Waals surface area contributed by atoms with E-state index in [2.05, 4.69) is 36.3 Å². The Morgan fingerprint density at radius 3 is 2.48 bits per heavy atom. The smallest absolute Gasteiger partial charge is 0.306 e. The highest BCUT2D eigenvalue weighted by atomic mass is 79.9. The van der Waals surface area contributed by atoms with Gasteiger partial charge in [-0.1, -0.05) is 22.9 Å². The van der Waals surface area contributed by atoms with Crippen molar-refractivity contribution in [1.82, 2.24) is 19.7 Å². The molecule has 2 N–H and O–H groups in total. The molecule has 2 aromatic heterocycles. The number of carbonyl (C=O) groups excluding carboxylic acids is 1. The van der Waals surface area contributed by atoms with Gasteiger partial charge in [0, 0.05) is 21.3 Å². The third kappa shape index (κ3) is 4.41. The Bertz CT molecular complexity index is 1230. The first-order valence-corrected chi connectivity index (χ1v) is 10.1. The molecule has 11 heteroatoms. The zero-order valence-corrected chi connectivity index (χ0v) is 18.7. The van der Waals surface area contributed by atoms with Crippen molar-refractivity contribution in [3.8, 4) is 5.95 Å². The molecule has 0 saturated heterocycles. The highest BCUT2D eigenvalue weighted by molar-refractivity contribution is 9.10. The summed E-state index contributed by atoms with van der Waals surface area (Å²) in [5.41, 5.74) is 0.0893. The molecular formula is C20H19BrF3N5O2. The van der Waals surface area contributed by atoms with Crippen LogP contribution in [0.2, 0.25) is 0 Å². The molecule has 3 rings (SSSR count). The number of hydrogen-bond acceptors (Lipinski definition) is 4. The van der Waals surface area contributed by atoms with Gasteiger partial charge in [0.15, 0.2) is 0 Å². The van der Waals surface area contributed by atoms with Crippen LogP contribution in [0, 0.1) is 20.8 Å². The van der Waals surface area contributed by atoms with Crippen LogP contribution in [0.5, 0.6) is 0 Å². The summed E-state index contributed by atoms with van der Waals surface area (Å²) >= 11 is 3.00. The first-order chi connectivity index (χ1) is 14.4. The number of aryl methyl sites for hydroxylation is 2. The molecule has 1 aromatic carbocycles. The van der Waals surface area contributed by atoms with Gasteiger partial charge in [0.1, 0.15) is 5.82 Å². The summed E-state index contributed by atoms with van der Waals surface area (Å²) in [4.78, 5) is 32.1. The van der Waals surface area contributed by atoms with E-state index in [9.17, 15) is 22.8 Å². The lowest BCUT2D eigenvalue weighted by Gasteiger charge is -2.14. The van der Waals surface area contributed by atoms with E-state index in [1.54, 1.807) is 20.8 Å². The number of benzene rings is 1. The Morgan fingerprint density at radius 1 is 1.23 bits per heavy atom. The summed E-state index contributed by atoms with van der Waals surface area (Å²) < 4.78 is 41.7. The first-order valence-electron chi connectivity index (χ1n) is 9.28. The summed E-state index contributed by atoms with van der Waals surface area (Å²) in [5, 5.41) is 6.79. The lowest BCUT2D eigenvalue weighted by atomic mass is 10.1. The number of amides is 1. The molecule has 0 aliphatic rings. The second kappa shape index (κ2) is 8.29. The van der Waals surface area contributed by atoms with Crippen LogP contribution >= 0.6 is 15.9 Å². The van der Waals surface area contributed by atoms with Crippen LogP contribution in [0.1, 0.15) is 45.4 Å². The Balaban J connectivity index is 2.09. The number of rotatable bonds is 4. The fraction of sp³-hybridized carbons (Fsp3) is 0.300. The van der Waals surface area contributed by atoms with Gasteiger partial charge in [0.2, 0.25) is 5.95 Å². The number of alkyl halides is 3. The molecule has 7 nitrogen and oxygen atoms in total. The Kier molecular flexibility index (Phi) is 6.08. The number of hydrogen-bond donors (Lipinski definition) is 2. The van der Waals surface area contributed by atoms with E-state index < -0.39 is 23.2 Å². The Morgan fingerprint density at radius 2 is 1.90 bits per heavy atom. The fourth-order valence-electron chi connectivity index (χ4n) is 3.14. The summed E-state index contributed by atoms with van der Waals surface area (Å²) in [5.74, 6) is -0.795. The van der Waals surface area contributed by atoms with Gasteiger partial charge in [-0.05, 0) is 45.4 Å². The number of anilines is 1. The predicted molar refractivity (Wildman–Crippen MR) is 113 cm³/mol. The zero-order chi connectivity index (χ0) is 23.1. The van der Waals surface area contributed by atoms with E-state index in [0.29, 0.717) is 28.9 Å². The van der Waals surface area contributed by atoms with Crippen molar-refractivity contribution in [2.24, 2.45) is 0 Å². The van der Waals surface area contributed by atoms with Crippen LogP contribution in [0.4, 0.5) is 19.0 Å². The standard InChI is InChI=1S/C20H19BrF3N5O2/c1-5-13-11(4)25-19(27-17(13)30)29-16(9(2)10(3)28-29)26-18(31)14-7-6-12(21)8-15(14)20(22,23)24/h6-8H,5H2,1-4H3,(H,26,31)(H,25,27,30). The molecule has 0 aliphatic heterocycles. The third-order valence-electron chi connectivity index (χ3n) is 4.89. The van der Waals surface area contributed by atoms with E-state index in [0.717, 1.165) is 12.1 Å². The second-order valence-electron chi connectivity index (χ2n) is 6.92. The van der Waals surface area contributed by atoms with Gasteiger partial charge in [-0.3, -0.25) is 14.6 Å². The van der Waals surface area contributed by atoms with E-state index in [1.165, 1.54) is 10.7 Å². The SMILES string of the molecule is CCc1c(C)nc(-n2nc(C)c(C)c2NC(=O)c2ccc(Br)cc2C(F)(F)F)[nH]c1=O.